The molecule has 0 aliphatic rings. The Hall–Kier alpha value is -1.10. The number of nitrogens with zero attached hydrogens (tertiary/aromatic N) is 1. The molecule has 0 rings (SSSR count). The summed E-state index contributed by atoms with van der Waals surface area (Å²) in [5.74, 6) is -0.241. The largest absolute Gasteiger partial charge is 0.346 e. The molecule has 0 bridgehead atoms. The van der Waals surface area contributed by atoms with Crippen LogP contribution in [-0.4, -0.2) is 49.9 Å². The molecular weight excluding hydrogens is 182 g/mol. The third-order valence-electron chi connectivity index (χ3n) is 2.14. The topological polar surface area (TPSA) is 61.4 Å². The van der Waals surface area contributed by atoms with Gasteiger partial charge in [-0.1, -0.05) is 0 Å². The first-order valence-electron chi connectivity index (χ1n) is 4.71. The van der Waals surface area contributed by atoms with Gasteiger partial charge in [0.05, 0.1) is 12.6 Å². The second-order valence-corrected chi connectivity index (χ2v) is 3.14. The Morgan fingerprint density at radius 1 is 1.43 bits per heavy atom. The van der Waals surface area contributed by atoms with Gasteiger partial charge in [-0.3, -0.25) is 9.59 Å². The summed E-state index contributed by atoms with van der Waals surface area (Å²) in [6, 6.07) is -0.269. The SMILES string of the molecule is CCN(C)C(=O)CNC(=O)C(C)NC. The number of nitrogens with one attached hydrogen (secondary N) is 2. The maximum absolute atomic E-state index is 11.3. The van der Waals surface area contributed by atoms with Gasteiger partial charge in [-0.15, -0.1) is 0 Å². The van der Waals surface area contributed by atoms with Crippen molar-refractivity contribution >= 4 is 11.8 Å². The van der Waals surface area contributed by atoms with E-state index in [2.05, 4.69) is 10.6 Å². The molecular formula is C9H19N3O2. The average molecular weight is 201 g/mol. The van der Waals surface area contributed by atoms with E-state index in [1.807, 2.05) is 6.92 Å². The van der Waals surface area contributed by atoms with E-state index < -0.39 is 0 Å². The predicted octanol–water partition coefficient (Wildman–Crippen LogP) is -0.811. The first-order chi connectivity index (χ1) is 6.52. The van der Waals surface area contributed by atoms with Crippen molar-refractivity contribution in [1.82, 2.24) is 15.5 Å². The van der Waals surface area contributed by atoms with Crippen LogP contribution in [0.3, 0.4) is 0 Å². The number of amides is 2. The molecule has 14 heavy (non-hydrogen) atoms. The van der Waals surface area contributed by atoms with Crippen molar-refractivity contribution in [3.05, 3.63) is 0 Å². The fraction of sp³-hybridized carbons (Fsp3) is 0.778. The third-order valence-corrected chi connectivity index (χ3v) is 2.14. The minimum atomic E-state index is -0.269. The van der Waals surface area contributed by atoms with Crippen LogP contribution in [0.2, 0.25) is 0 Å². The minimum Gasteiger partial charge on any atom is -0.346 e. The predicted molar refractivity (Wildman–Crippen MR) is 54.8 cm³/mol. The lowest BCUT2D eigenvalue weighted by molar-refractivity contribution is -0.132. The van der Waals surface area contributed by atoms with Crippen LogP contribution >= 0.6 is 0 Å². The van der Waals surface area contributed by atoms with Gasteiger partial charge in [-0.05, 0) is 20.9 Å². The summed E-state index contributed by atoms with van der Waals surface area (Å²) >= 11 is 0. The molecule has 0 saturated carbocycles. The van der Waals surface area contributed by atoms with E-state index in [1.165, 1.54) is 0 Å². The van der Waals surface area contributed by atoms with Gasteiger partial charge in [-0.25, -0.2) is 0 Å². The van der Waals surface area contributed by atoms with E-state index >= 15 is 0 Å². The standard InChI is InChI=1S/C9H19N3O2/c1-5-12(4)8(13)6-11-9(14)7(2)10-3/h7,10H,5-6H2,1-4H3,(H,11,14). The maximum Gasteiger partial charge on any atom is 0.241 e. The zero-order valence-corrected chi connectivity index (χ0v) is 9.26. The van der Waals surface area contributed by atoms with Gasteiger partial charge in [0, 0.05) is 13.6 Å². The molecule has 5 heteroatoms. The molecule has 0 aromatic heterocycles. The summed E-state index contributed by atoms with van der Waals surface area (Å²) in [6.45, 7) is 4.34. The van der Waals surface area contributed by atoms with Crippen LogP contribution in [0.25, 0.3) is 0 Å². The zero-order chi connectivity index (χ0) is 11.1. The molecule has 0 heterocycles. The quantitative estimate of drug-likeness (QED) is 0.611. The van der Waals surface area contributed by atoms with Crippen LogP contribution in [0.5, 0.6) is 0 Å². The molecule has 0 saturated heterocycles. The van der Waals surface area contributed by atoms with Crippen molar-refractivity contribution in [3.8, 4) is 0 Å². The molecule has 0 radical (unpaired) electrons. The van der Waals surface area contributed by atoms with Gasteiger partial charge >= 0.3 is 0 Å². The lowest BCUT2D eigenvalue weighted by Crippen LogP contribution is -2.45. The van der Waals surface area contributed by atoms with Crippen molar-refractivity contribution < 1.29 is 9.59 Å². The molecule has 1 atom stereocenters. The molecule has 0 spiro atoms. The number of rotatable bonds is 5. The summed E-state index contributed by atoms with van der Waals surface area (Å²) < 4.78 is 0. The lowest BCUT2D eigenvalue weighted by Gasteiger charge is -2.16. The van der Waals surface area contributed by atoms with E-state index in [0.29, 0.717) is 6.54 Å². The smallest absolute Gasteiger partial charge is 0.241 e. The number of carbonyl (C=O) groups excluding carboxylic acids is 2. The fourth-order valence-electron chi connectivity index (χ4n) is 0.758. The molecule has 0 aliphatic carbocycles. The summed E-state index contributed by atoms with van der Waals surface area (Å²) in [5, 5.41) is 5.35. The van der Waals surface area contributed by atoms with E-state index in [-0.39, 0.29) is 24.4 Å². The van der Waals surface area contributed by atoms with Gasteiger partial charge in [0.2, 0.25) is 11.8 Å². The van der Waals surface area contributed by atoms with Crippen molar-refractivity contribution in [2.45, 2.75) is 19.9 Å². The second-order valence-electron chi connectivity index (χ2n) is 3.14. The Balaban J connectivity index is 3.83. The first kappa shape index (κ1) is 12.9. The van der Waals surface area contributed by atoms with E-state index in [9.17, 15) is 9.59 Å². The second kappa shape index (κ2) is 6.37. The fourth-order valence-corrected chi connectivity index (χ4v) is 0.758. The number of likely N-dealkylation sites (N-methyl/N-ethyl adjacent to an activating group) is 2. The van der Waals surface area contributed by atoms with Crippen LogP contribution in [0.15, 0.2) is 0 Å². The zero-order valence-electron chi connectivity index (χ0n) is 9.26. The highest BCUT2D eigenvalue weighted by Gasteiger charge is 2.12. The monoisotopic (exact) mass is 201 g/mol. The highest BCUT2D eigenvalue weighted by Crippen LogP contribution is 1.83. The summed E-state index contributed by atoms with van der Waals surface area (Å²) in [5.41, 5.74) is 0. The molecule has 0 aliphatic heterocycles. The van der Waals surface area contributed by atoms with E-state index in [4.69, 9.17) is 0 Å². The van der Waals surface area contributed by atoms with Gasteiger partial charge in [0.25, 0.3) is 0 Å². The van der Waals surface area contributed by atoms with Crippen molar-refractivity contribution in [2.24, 2.45) is 0 Å². The van der Waals surface area contributed by atoms with Crippen LogP contribution in [-0.2, 0) is 9.59 Å². The molecule has 0 aromatic carbocycles. The molecule has 82 valence electrons. The molecule has 2 N–H and O–H groups in total. The Kier molecular flexibility index (Phi) is 5.87. The molecule has 0 aromatic rings. The highest BCUT2D eigenvalue weighted by molar-refractivity contribution is 5.87. The third kappa shape index (κ3) is 4.23. The van der Waals surface area contributed by atoms with Crippen molar-refractivity contribution in [3.63, 3.8) is 0 Å². The van der Waals surface area contributed by atoms with Gasteiger partial charge in [0.1, 0.15) is 0 Å². The van der Waals surface area contributed by atoms with Crippen molar-refractivity contribution in [2.75, 3.05) is 27.2 Å². The maximum atomic E-state index is 11.3. The van der Waals surface area contributed by atoms with Gasteiger partial charge in [-0.2, -0.15) is 0 Å². The summed E-state index contributed by atoms with van der Waals surface area (Å²) in [4.78, 5) is 24.1. The van der Waals surface area contributed by atoms with Crippen LogP contribution < -0.4 is 10.6 Å². The number of hydrogen-bond donors (Lipinski definition) is 2. The minimum absolute atomic E-state index is 0.0647. The number of hydrogen-bond acceptors (Lipinski definition) is 3. The highest BCUT2D eigenvalue weighted by atomic mass is 16.2. The lowest BCUT2D eigenvalue weighted by atomic mass is 10.3. The van der Waals surface area contributed by atoms with Crippen molar-refractivity contribution in [1.29, 1.82) is 0 Å². The molecule has 5 nitrogen and oxygen atoms in total. The molecule has 0 fully saturated rings. The van der Waals surface area contributed by atoms with Gasteiger partial charge < -0.3 is 15.5 Å². The molecule has 1 unspecified atom stereocenters. The summed E-state index contributed by atoms with van der Waals surface area (Å²) in [6.07, 6.45) is 0. The van der Waals surface area contributed by atoms with Crippen LogP contribution in [0.4, 0.5) is 0 Å². The normalized spacial score (nSPS) is 12.0. The Labute approximate surface area is 84.8 Å². The Morgan fingerprint density at radius 2 is 2.00 bits per heavy atom. The Bertz CT molecular complexity index is 184. The van der Waals surface area contributed by atoms with Crippen LogP contribution in [0, 0.1) is 0 Å². The number of carbonyl (C=O) groups is 2. The summed E-state index contributed by atoms with van der Waals surface area (Å²) in [7, 11) is 3.40. The van der Waals surface area contributed by atoms with E-state index in [1.54, 1.807) is 25.9 Å². The van der Waals surface area contributed by atoms with E-state index in [0.717, 1.165) is 0 Å². The Morgan fingerprint density at radius 3 is 2.43 bits per heavy atom. The van der Waals surface area contributed by atoms with Crippen LogP contribution in [0.1, 0.15) is 13.8 Å². The average Bonchev–Trinajstić information content (AvgIpc) is 2.22. The first-order valence-corrected chi connectivity index (χ1v) is 4.71. The molecule has 2 amide bonds. The van der Waals surface area contributed by atoms with Gasteiger partial charge in [0.15, 0.2) is 0 Å².